The first-order chi connectivity index (χ1) is 8.77. The molecule has 0 aromatic heterocycles. The van der Waals surface area contributed by atoms with Crippen molar-refractivity contribution in [3.63, 3.8) is 0 Å². The van der Waals surface area contributed by atoms with Crippen LogP contribution in [0.15, 0.2) is 18.2 Å². The molecule has 0 aliphatic carbocycles. The van der Waals surface area contributed by atoms with Crippen molar-refractivity contribution in [3.05, 3.63) is 33.8 Å². The molecule has 0 aliphatic heterocycles. The van der Waals surface area contributed by atoms with E-state index in [0.717, 1.165) is 5.56 Å². The molecule has 2 nitrogen and oxygen atoms in total. The van der Waals surface area contributed by atoms with Crippen LogP contribution in [0, 0.1) is 5.41 Å². The predicted molar refractivity (Wildman–Crippen MR) is 83.0 cm³/mol. The molecule has 2 N–H and O–H groups in total. The van der Waals surface area contributed by atoms with Gasteiger partial charge in [0, 0.05) is 22.7 Å². The standard InChI is InChI=1S/C15H23Cl2NO/c1-5-19-14(15(2,3)4)13(18)9-10-11(16)7-6-8-12(10)17/h6-8,13-14H,5,9,18H2,1-4H3. The molecule has 0 saturated carbocycles. The highest BCUT2D eigenvalue weighted by Gasteiger charge is 2.31. The van der Waals surface area contributed by atoms with Crippen molar-refractivity contribution in [2.75, 3.05) is 6.61 Å². The maximum absolute atomic E-state index is 6.32. The van der Waals surface area contributed by atoms with Gasteiger partial charge in [-0.05, 0) is 36.5 Å². The largest absolute Gasteiger partial charge is 0.376 e. The van der Waals surface area contributed by atoms with Crippen molar-refractivity contribution in [3.8, 4) is 0 Å². The lowest BCUT2D eigenvalue weighted by Crippen LogP contribution is -2.46. The van der Waals surface area contributed by atoms with E-state index in [4.69, 9.17) is 33.7 Å². The monoisotopic (exact) mass is 303 g/mol. The van der Waals surface area contributed by atoms with Crippen molar-refractivity contribution in [2.24, 2.45) is 11.1 Å². The molecule has 1 rings (SSSR count). The highest BCUT2D eigenvalue weighted by atomic mass is 35.5. The molecule has 0 amide bonds. The quantitative estimate of drug-likeness (QED) is 0.879. The molecule has 0 heterocycles. The van der Waals surface area contributed by atoms with E-state index in [0.29, 0.717) is 23.1 Å². The zero-order chi connectivity index (χ0) is 14.6. The summed E-state index contributed by atoms with van der Waals surface area (Å²) in [7, 11) is 0. The molecule has 1 aromatic rings. The normalized spacial score (nSPS) is 15.3. The Morgan fingerprint density at radius 2 is 1.74 bits per heavy atom. The highest BCUT2D eigenvalue weighted by Crippen LogP contribution is 2.30. The molecule has 19 heavy (non-hydrogen) atoms. The summed E-state index contributed by atoms with van der Waals surface area (Å²) in [6, 6.07) is 5.37. The molecule has 0 bridgehead atoms. The van der Waals surface area contributed by atoms with Crippen LogP contribution in [0.1, 0.15) is 33.3 Å². The Balaban J connectivity index is 2.90. The van der Waals surface area contributed by atoms with E-state index >= 15 is 0 Å². The molecule has 0 fully saturated rings. The summed E-state index contributed by atoms with van der Waals surface area (Å²) in [5.74, 6) is 0. The van der Waals surface area contributed by atoms with Gasteiger partial charge in [-0.1, -0.05) is 50.0 Å². The fourth-order valence-electron chi connectivity index (χ4n) is 2.27. The summed E-state index contributed by atoms with van der Waals surface area (Å²) in [6.45, 7) is 9.00. The number of rotatable bonds is 5. The maximum atomic E-state index is 6.32. The van der Waals surface area contributed by atoms with Crippen molar-refractivity contribution in [1.29, 1.82) is 0 Å². The van der Waals surface area contributed by atoms with Crippen LogP contribution in [-0.4, -0.2) is 18.8 Å². The fraction of sp³-hybridized carbons (Fsp3) is 0.600. The third-order valence-electron chi connectivity index (χ3n) is 3.09. The summed E-state index contributed by atoms with van der Waals surface area (Å²) in [6.07, 6.45) is 0.574. The average Bonchev–Trinajstić information content (AvgIpc) is 2.29. The van der Waals surface area contributed by atoms with E-state index in [2.05, 4.69) is 20.8 Å². The summed E-state index contributed by atoms with van der Waals surface area (Å²) >= 11 is 12.4. The second kappa shape index (κ2) is 6.94. The fourth-order valence-corrected chi connectivity index (χ4v) is 2.82. The Morgan fingerprint density at radius 1 is 1.21 bits per heavy atom. The number of hydrogen-bond donors (Lipinski definition) is 1. The molecule has 4 heteroatoms. The lowest BCUT2D eigenvalue weighted by molar-refractivity contribution is -0.0274. The Bertz CT molecular complexity index is 395. The average molecular weight is 304 g/mol. The zero-order valence-electron chi connectivity index (χ0n) is 12.0. The maximum Gasteiger partial charge on any atom is 0.0777 e. The lowest BCUT2D eigenvalue weighted by Gasteiger charge is -2.35. The molecule has 0 spiro atoms. The molecule has 0 radical (unpaired) electrons. The molecular weight excluding hydrogens is 281 g/mol. The van der Waals surface area contributed by atoms with Gasteiger partial charge in [-0.2, -0.15) is 0 Å². The highest BCUT2D eigenvalue weighted by molar-refractivity contribution is 6.36. The Kier molecular flexibility index (Phi) is 6.13. The van der Waals surface area contributed by atoms with Crippen molar-refractivity contribution < 1.29 is 4.74 Å². The van der Waals surface area contributed by atoms with Crippen LogP contribution in [0.4, 0.5) is 0 Å². The molecule has 0 saturated heterocycles. The van der Waals surface area contributed by atoms with E-state index in [-0.39, 0.29) is 17.6 Å². The number of ether oxygens (including phenoxy) is 1. The van der Waals surface area contributed by atoms with Gasteiger partial charge >= 0.3 is 0 Å². The second-order valence-corrected chi connectivity index (χ2v) is 6.62. The number of nitrogens with two attached hydrogens (primary N) is 1. The third kappa shape index (κ3) is 4.64. The first-order valence-electron chi connectivity index (χ1n) is 6.57. The SMILES string of the molecule is CCOC(C(N)Cc1c(Cl)cccc1Cl)C(C)(C)C. The number of halogens is 2. The van der Waals surface area contributed by atoms with Crippen molar-refractivity contribution >= 4 is 23.2 Å². The van der Waals surface area contributed by atoms with Gasteiger partial charge in [-0.25, -0.2) is 0 Å². The van der Waals surface area contributed by atoms with Gasteiger partial charge in [-0.15, -0.1) is 0 Å². The van der Waals surface area contributed by atoms with Crippen LogP contribution in [0.5, 0.6) is 0 Å². The molecule has 1 aromatic carbocycles. The molecule has 108 valence electrons. The van der Waals surface area contributed by atoms with Crippen LogP contribution < -0.4 is 5.73 Å². The van der Waals surface area contributed by atoms with Gasteiger partial charge in [0.1, 0.15) is 0 Å². The Labute approximate surface area is 126 Å². The van der Waals surface area contributed by atoms with E-state index in [9.17, 15) is 0 Å². The van der Waals surface area contributed by atoms with E-state index in [1.54, 1.807) is 0 Å². The van der Waals surface area contributed by atoms with Gasteiger partial charge in [0.2, 0.25) is 0 Å². The van der Waals surface area contributed by atoms with E-state index < -0.39 is 0 Å². The minimum absolute atomic E-state index is 0.0246. The molecular formula is C15H23Cl2NO. The predicted octanol–water partition coefficient (Wildman–Crippen LogP) is 4.31. The summed E-state index contributed by atoms with van der Waals surface area (Å²) in [4.78, 5) is 0. The zero-order valence-corrected chi connectivity index (χ0v) is 13.6. The second-order valence-electron chi connectivity index (χ2n) is 5.81. The van der Waals surface area contributed by atoms with Gasteiger partial charge in [-0.3, -0.25) is 0 Å². The van der Waals surface area contributed by atoms with Gasteiger partial charge in [0.25, 0.3) is 0 Å². The number of benzene rings is 1. The van der Waals surface area contributed by atoms with Gasteiger partial charge < -0.3 is 10.5 Å². The Hall–Kier alpha value is -0.280. The summed E-state index contributed by atoms with van der Waals surface area (Å²) < 4.78 is 5.81. The lowest BCUT2D eigenvalue weighted by atomic mass is 9.82. The molecule has 0 aliphatic rings. The number of hydrogen-bond acceptors (Lipinski definition) is 2. The van der Waals surface area contributed by atoms with E-state index in [1.165, 1.54) is 0 Å². The minimum atomic E-state index is -0.141. The smallest absolute Gasteiger partial charge is 0.0777 e. The van der Waals surface area contributed by atoms with Crippen molar-refractivity contribution in [1.82, 2.24) is 0 Å². The first kappa shape index (κ1) is 16.8. The van der Waals surface area contributed by atoms with Crippen LogP contribution in [0.25, 0.3) is 0 Å². The minimum Gasteiger partial charge on any atom is -0.376 e. The topological polar surface area (TPSA) is 35.2 Å². The summed E-state index contributed by atoms with van der Waals surface area (Å²) in [5.41, 5.74) is 7.19. The molecule has 2 unspecified atom stereocenters. The molecule has 2 atom stereocenters. The first-order valence-corrected chi connectivity index (χ1v) is 7.33. The van der Waals surface area contributed by atoms with Crippen LogP contribution in [0.3, 0.4) is 0 Å². The van der Waals surface area contributed by atoms with Crippen LogP contribution in [0.2, 0.25) is 10.0 Å². The summed E-state index contributed by atoms with van der Waals surface area (Å²) in [5, 5.41) is 1.32. The third-order valence-corrected chi connectivity index (χ3v) is 3.80. The van der Waals surface area contributed by atoms with Gasteiger partial charge in [0.15, 0.2) is 0 Å². The van der Waals surface area contributed by atoms with E-state index in [1.807, 2.05) is 25.1 Å². The Morgan fingerprint density at radius 3 is 2.16 bits per heavy atom. The van der Waals surface area contributed by atoms with Crippen molar-refractivity contribution in [2.45, 2.75) is 46.3 Å². The van der Waals surface area contributed by atoms with Gasteiger partial charge in [0.05, 0.1) is 6.10 Å². The van der Waals surface area contributed by atoms with Crippen LogP contribution >= 0.6 is 23.2 Å². The van der Waals surface area contributed by atoms with Crippen LogP contribution in [-0.2, 0) is 11.2 Å².